The summed E-state index contributed by atoms with van der Waals surface area (Å²) in [7, 11) is 0. The maximum absolute atomic E-state index is 5.23. The van der Waals surface area contributed by atoms with Gasteiger partial charge in [-0.2, -0.15) is 0 Å². The van der Waals surface area contributed by atoms with Crippen LogP contribution in [-0.2, 0) is 0 Å². The molecule has 12 aromatic rings. The average Bonchev–Trinajstić information content (AvgIpc) is 3.68. The summed E-state index contributed by atoms with van der Waals surface area (Å²) in [5, 5.41) is 9.76. The van der Waals surface area contributed by atoms with E-state index >= 15 is 0 Å². The Labute approximate surface area is 353 Å². The normalized spacial score (nSPS) is 11.6. The Morgan fingerprint density at radius 3 is 1.46 bits per heavy atom. The fourth-order valence-corrected chi connectivity index (χ4v) is 9.33. The van der Waals surface area contributed by atoms with Crippen LogP contribution in [0.3, 0.4) is 0 Å². The Morgan fingerprint density at radius 2 is 0.770 bits per heavy atom. The smallest absolute Gasteiger partial charge is 0.160 e. The molecule has 2 heterocycles. The number of hydrogen-bond acceptors (Lipinski definition) is 2. The van der Waals surface area contributed by atoms with E-state index < -0.39 is 0 Å². The lowest BCUT2D eigenvalue weighted by Gasteiger charge is -2.16. The average molecular weight is 776 g/mol. The van der Waals surface area contributed by atoms with Crippen molar-refractivity contribution in [2.45, 2.75) is 0 Å². The highest BCUT2D eigenvalue weighted by atomic mass is 15.0. The van der Waals surface area contributed by atoms with E-state index in [0.717, 1.165) is 33.8 Å². The van der Waals surface area contributed by atoms with Gasteiger partial charge in [-0.1, -0.05) is 182 Å². The fraction of sp³-hybridized carbons (Fsp3) is 0. The minimum Gasteiger partial charge on any atom is -0.309 e. The molecule has 0 unspecified atom stereocenters. The summed E-state index contributed by atoms with van der Waals surface area (Å²) in [6.07, 6.45) is 0. The quantitative estimate of drug-likeness (QED) is 0.158. The van der Waals surface area contributed by atoms with E-state index in [1.54, 1.807) is 0 Å². The van der Waals surface area contributed by atoms with Gasteiger partial charge in [-0.05, 0) is 97.0 Å². The van der Waals surface area contributed by atoms with Gasteiger partial charge in [0.25, 0.3) is 0 Å². The molecule has 0 atom stereocenters. The van der Waals surface area contributed by atoms with Gasteiger partial charge in [0.1, 0.15) is 0 Å². The van der Waals surface area contributed by atoms with Crippen molar-refractivity contribution in [1.82, 2.24) is 14.5 Å². The minimum absolute atomic E-state index is 0.701. The molecule has 0 spiro atoms. The first-order valence-corrected chi connectivity index (χ1v) is 20.8. The minimum atomic E-state index is 0.701. The highest BCUT2D eigenvalue weighted by Gasteiger charge is 2.18. The Balaban J connectivity index is 1.07. The second-order valence-electron chi connectivity index (χ2n) is 15.7. The summed E-state index contributed by atoms with van der Waals surface area (Å²) in [5.41, 5.74) is 13.2. The Morgan fingerprint density at radius 1 is 0.279 bits per heavy atom. The van der Waals surface area contributed by atoms with E-state index in [1.807, 2.05) is 12.1 Å². The summed E-state index contributed by atoms with van der Waals surface area (Å²) < 4.78 is 2.40. The van der Waals surface area contributed by atoms with Crippen molar-refractivity contribution >= 4 is 54.1 Å². The van der Waals surface area contributed by atoms with Crippen LogP contribution in [0.5, 0.6) is 0 Å². The number of aromatic nitrogens is 3. The third-order valence-electron chi connectivity index (χ3n) is 12.2. The molecule has 0 N–H and O–H groups in total. The first-order valence-electron chi connectivity index (χ1n) is 20.8. The van der Waals surface area contributed by atoms with Gasteiger partial charge in [0.05, 0.1) is 22.4 Å². The first-order chi connectivity index (χ1) is 30.2. The zero-order chi connectivity index (χ0) is 40.3. The molecule has 0 saturated carbocycles. The van der Waals surface area contributed by atoms with Crippen LogP contribution in [0.2, 0.25) is 0 Å². The summed E-state index contributed by atoms with van der Waals surface area (Å²) >= 11 is 0. The molecule has 10 aromatic carbocycles. The number of nitrogens with zero attached hydrogens (tertiary/aromatic N) is 3. The number of para-hydroxylation sites is 1. The lowest BCUT2D eigenvalue weighted by Crippen LogP contribution is -1.96. The maximum Gasteiger partial charge on any atom is 0.160 e. The molecule has 0 aliphatic heterocycles. The molecule has 61 heavy (non-hydrogen) atoms. The third-order valence-corrected chi connectivity index (χ3v) is 12.2. The molecule has 3 heteroatoms. The van der Waals surface area contributed by atoms with Gasteiger partial charge in [0.2, 0.25) is 0 Å². The van der Waals surface area contributed by atoms with E-state index in [0.29, 0.717) is 5.82 Å². The van der Waals surface area contributed by atoms with Crippen LogP contribution >= 0.6 is 0 Å². The van der Waals surface area contributed by atoms with E-state index in [-0.39, 0.29) is 0 Å². The summed E-state index contributed by atoms with van der Waals surface area (Å²) in [5.74, 6) is 0.701. The number of rotatable bonds is 6. The first kappa shape index (κ1) is 34.9. The summed E-state index contributed by atoms with van der Waals surface area (Å²) in [6, 6.07) is 80.5. The van der Waals surface area contributed by atoms with Crippen LogP contribution in [0.25, 0.3) is 116 Å². The number of fused-ring (bicyclic) bond motifs is 9. The fourth-order valence-electron chi connectivity index (χ4n) is 9.33. The van der Waals surface area contributed by atoms with Crippen LogP contribution < -0.4 is 0 Å². The molecule has 284 valence electrons. The molecule has 0 bridgehead atoms. The van der Waals surface area contributed by atoms with Crippen molar-refractivity contribution in [3.05, 3.63) is 224 Å². The second-order valence-corrected chi connectivity index (χ2v) is 15.7. The van der Waals surface area contributed by atoms with E-state index in [2.05, 4.69) is 217 Å². The topological polar surface area (TPSA) is 30.7 Å². The molecule has 12 rings (SSSR count). The van der Waals surface area contributed by atoms with Gasteiger partial charge in [0, 0.05) is 33.2 Å². The predicted molar refractivity (Wildman–Crippen MR) is 256 cm³/mol. The van der Waals surface area contributed by atoms with Crippen molar-refractivity contribution in [2.24, 2.45) is 0 Å². The summed E-state index contributed by atoms with van der Waals surface area (Å²) in [6.45, 7) is 0. The molecule has 0 saturated heterocycles. The molecule has 2 aromatic heterocycles. The molecule has 0 amide bonds. The molecule has 0 radical (unpaired) electrons. The van der Waals surface area contributed by atoms with Gasteiger partial charge in [-0.3, -0.25) is 0 Å². The lowest BCUT2D eigenvalue weighted by molar-refractivity contribution is 1.18. The van der Waals surface area contributed by atoms with Crippen LogP contribution in [0, 0.1) is 0 Å². The number of benzene rings is 10. The molecule has 3 nitrogen and oxygen atoms in total. The van der Waals surface area contributed by atoms with Crippen molar-refractivity contribution in [1.29, 1.82) is 0 Å². The van der Waals surface area contributed by atoms with E-state index in [1.165, 1.54) is 76.4 Å². The highest BCUT2D eigenvalue weighted by Crippen LogP contribution is 2.43. The van der Waals surface area contributed by atoms with Gasteiger partial charge in [-0.15, -0.1) is 0 Å². The van der Waals surface area contributed by atoms with Crippen LogP contribution in [0.4, 0.5) is 0 Å². The molecule has 0 aliphatic rings. The Bertz CT molecular complexity index is 3550. The van der Waals surface area contributed by atoms with E-state index in [9.17, 15) is 0 Å². The Kier molecular flexibility index (Phi) is 8.17. The standard InChI is InChI=1S/C58H37N3/c1-4-15-38(16-5-1)39-27-31-44(32-28-39)61-55-26-13-12-23-49(55)51-35-42(30-34-56(51)61)45-24-14-25-50-47-22-11-10-21-46(47)48-33-29-43(36-52(48)57(45)50)58-59-53(40-17-6-2-7-18-40)37-54(60-58)41-19-8-3-9-20-41/h1-37H. The van der Waals surface area contributed by atoms with Gasteiger partial charge in [0.15, 0.2) is 5.82 Å². The SMILES string of the molecule is c1ccc(-c2ccc(-n3c4ccccc4c4cc(-c5cccc6c7ccccc7c7ccc(-c8nc(-c9ccccc9)cc(-c9ccccc9)n8)cc7c56)ccc43)cc2)cc1. The lowest BCUT2D eigenvalue weighted by atomic mass is 9.88. The Hall–Kier alpha value is -8.14. The zero-order valence-corrected chi connectivity index (χ0v) is 33.2. The zero-order valence-electron chi connectivity index (χ0n) is 33.2. The van der Waals surface area contributed by atoms with Crippen LogP contribution in [0.1, 0.15) is 0 Å². The van der Waals surface area contributed by atoms with Crippen molar-refractivity contribution in [3.8, 4) is 61.8 Å². The number of hydrogen-bond donors (Lipinski definition) is 0. The third kappa shape index (κ3) is 5.90. The highest BCUT2D eigenvalue weighted by molar-refractivity contribution is 6.29. The van der Waals surface area contributed by atoms with Crippen molar-refractivity contribution in [3.63, 3.8) is 0 Å². The van der Waals surface area contributed by atoms with Gasteiger partial charge < -0.3 is 4.57 Å². The largest absolute Gasteiger partial charge is 0.309 e. The van der Waals surface area contributed by atoms with E-state index in [4.69, 9.17) is 9.97 Å². The monoisotopic (exact) mass is 775 g/mol. The molecular weight excluding hydrogens is 739 g/mol. The van der Waals surface area contributed by atoms with Crippen molar-refractivity contribution in [2.75, 3.05) is 0 Å². The van der Waals surface area contributed by atoms with Crippen molar-refractivity contribution < 1.29 is 0 Å². The molecule has 0 aliphatic carbocycles. The predicted octanol–water partition coefficient (Wildman–Crippen LogP) is 15.4. The maximum atomic E-state index is 5.23. The molecular formula is C58H37N3. The van der Waals surface area contributed by atoms with Crippen LogP contribution in [0.15, 0.2) is 224 Å². The van der Waals surface area contributed by atoms with Gasteiger partial charge >= 0.3 is 0 Å². The van der Waals surface area contributed by atoms with Gasteiger partial charge in [-0.25, -0.2) is 9.97 Å². The summed E-state index contributed by atoms with van der Waals surface area (Å²) in [4.78, 5) is 10.5. The second kappa shape index (κ2) is 14.3. The molecule has 0 fully saturated rings. The van der Waals surface area contributed by atoms with Crippen LogP contribution in [-0.4, -0.2) is 14.5 Å².